The minimum atomic E-state index is -0.264. The van der Waals surface area contributed by atoms with E-state index in [1.807, 2.05) is 49.8 Å². The number of fused-ring (bicyclic) bond motifs is 1. The second kappa shape index (κ2) is 7.67. The molecule has 0 aliphatic carbocycles. The number of hydrogen-bond acceptors (Lipinski definition) is 6. The molecular formula is C20H24N6O3. The molecule has 0 saturated heterocycles. The highest BCUT2D eigenvalue weighted by Gasteiger charge is 2.28. The summed E-state index contributed by atoms with van der Waals surface area (Å²) in [7, 11) is 3.53. The van der Waals surface area contributed by atoms with Gasteiger partial charge in [-0.25, -0.2) is 4.68 Å². The van der Waals surface area contributed by atoms with E-state index in [2.05, 4.69) is 20.7 Å². The molecule has 1 N–H and O–H groups in total. The normalized spacial score (nSPS) is 15.8. The number of nitrogens with zero attached hydrogens (tertiary/aromatic N) is 5. The molecule has 0 radical (unpaired) electrons. The van der Waals surface area contributed by atoms with E-state index < -0.39 is 0 Å². The van der Waals surface area contributed by atoms with Crippen molar-refractivity contribution in [3.63, 3.8) is 0 Å². The van der Waals surface area contributed by atoms with Crippen LogP contribution in [0.5, 0.6) is 5.75 Å². The van der Waals surface area contributed by atoms with Gasteiger partial charge in [-0.3, -0.25) is 9.48 Å². The largest absolute Gasteiger partial charge is 0.497 e. The van der Waals surface area contributed by atoms with Crippen molar-refractivity contribution in [2.75, 3.05) is 7.11 Å². The third-order valence-electron chi connectivity index (χ3n) is 5.38. The molecule has 1 aliphatic heterocycles. The lowest BCUT2D eigenvalue weighted by atomic mass is 10.1. The number of nitrogens with one attached hydrogen (secondary N) is 1. The average Bonchev–Trinajstić information content (AvgIpc) is 3.26. The summed E-state index contributed by atoms with van der Waals surface area (Å²) in [5.74, 6) is 0.532. The molecule has 9 heteroatoms. The molecule has 2 aromatic heterocycles. The van der Waals surface area contributed by atoms with Gasteiger partial charge in [0.15, 0.2) is 5.69 Å². The Kier molecular flexibility index (Phi) is 5.06. The molecule has 0 fully saturated rings. The molecule has 4 rings (SSSR count). The number of methoxy groups -OCH3 is 1. The Labute approximate surface area is 168 Å². The van der Waals surface area contributed by atoms with E-state index in [4.69, 9.17) is 9.47 Å². The summed E-state index contributed by atoms with van der Waals surface area (Å²) < 4.78 is 14.7. The minimum absolute atomic E-state index is 0.147. The van der Waals surface area contributed by atoms with E-state index in [1.165, 1.54) is 0 Å². The number of ether oxygens (including phenoxy) is 2. The number of carbonyl (C=O) groups is 1. The molecule has 1 amide bonds. The molecule has 0 unspecified atom stereocenters. The molecule has 0 saturated carbocycles. The van der Waals surface area contributed by atoms with Gasteiger partial charge in [0.2, 0.25) is 0 Å². The first-order chi connectivity index (χ1) is 14.0. The van der Waals surface area contributed by atoms with Crippen LogP contribution >= 0.6 is 0 Å². The van der Waals surface area contributed by atoms with Crippen LogP contribution in [0.25, 0.3) is 0 Å². The van der Waals surface area contributed by atoms with Crippen molar-refractivity contribution in [1.29, 1.82) is 0 Å². The summed E-state index contributed by atoms with van der Waals surface area (Å²) in [5.41, 5.74) is 4.96. The monoisotopic (exact) mass is 396 g/mol. The van der Waals surface area contributed by atoms with Crippen LogP contribution in [0.1, 0.15) is 44.8 Å². The number of aryl methyl sites for hydroxylation is 2. The van der Waals surface area contributed by atoms with Gasteiger partial charge in [0.25, 0.3) is 5.91 Å². The Hall–Kier alpha value is -3.20. The van der Waals surface area contributed by atoms with Crippen molar-refractivity contribution < 1.29 is 14.3 Å². The fourth-order valence-corrected chi connectivity index (χ4v) is 3.53. The first-order valence-electron chi connectivity index (χ1n) is 9.43. The zero-order valence-electron chi connectivity index (χ0n) is 17.0. The molecule has 3 heterocycles. The molecule has 0 bridgehead atoms. The number of aromatic nitrogens is 5. The predicted octanol–water partition coefficient (Wildman–Crippen LogP) is 1.84. The second-order valence-corrected chi connectivity index (χ2v) is 7.10. The van der Waals surface area contributed by atoms with Crippen molar-refractivity contribution in [3.05, 3.63) is 58.2 Å². The van der Waals surface area contributed by atoms with Gasteiger partial charge in [-0.2, -0.15) is 5.10 Å². The Balaban J connectivity index is 1.45. The predicted molar refractivity (Wildman–Crippen MR) is 104 cm³/mol. The summed E-state index contributed by atoms with van der Waals surface area (Å²) in [6, 6.07) is 7.74. The van der Waals surface area contributed by atoms with Crippen LogP contribution in [0.4, 0.5) is 0 Å². The van der Waals surface area contributed by atoms with Crippen LogP contribution in [-0.2, 0) is 31.5 Å². The maximum atomic E-state index is 12.7. The highest BCUT2D eigenvalue weighted by atomic mass is 16.5. The Bertz CT molecular complexity index is 1040. The SMILES string of the molecule is COc1ccc([C@H]2Cn3nnc(C(=O)NCc4c(C)nn(C)c4C)c3CO2)cc1. The standard InChI is InChI=1S/C20H24N6O3/c1-12-16(13(2)25(3)23-12)9-21-20(27)19-17-11-29-18(10-26(17)24-22-19)14-5-7-15(28-4)8-6-14/h5-8,18H,9-11H2,1-4H3,(H,21,27)/t18-/m1/s1. The van der Waals surface area contributed by atoms with E-state index in [0.717, 1.165) is 28.3 Å². The van der Waals surface area contributed by atoms with Gasteiger partial charge in [-0.15, -0.1) is 5.10 Å². The van der Waals surface area contributed by atoms with E-state index in [1.54, 1.807) is 11.8 Å². The Morgan fingerprint density at radius 2 is 2.07 bits per heavy atom. The highest BCUT2D eigenvalue weighted by molar-refractivity contribution is 5.93. The van der Waals surface area contributed by atoms with Crippen LogP contribution in [0.2, 0.25) is 0 Å². The number of carbonyl (C=O) groups excluding carboxylic acids is 1. The maximum Gasteiger partial charge on any atom is 0.274 e. The van der Waals surface area contributed by atoms with Crippen molar-refractivity contribution in [1.82, 2.24) is 30.1 Å². The fraction of sp³-hybridized carbons (Fsp3) is 0.400. The molecule has 0 spiro atoms. The first kappa shape index (κ1) is 19.1. The van der Waals surface area contributed by atoms with Crippen LogP contribution in [0.3, 0.4) is 0 Å². The van der Waals surface area contributed by atoms with E-state index in [0.29, 0.717) is 24.5 Å². The third-order valence-corrected chi connectivity index (χ3v) is 5.38. The molecule has 152 valence electrons. The van der Waals surface area contributed by atoms with Crippen LogP contribution in [0.15, 0.2) is 24.3 Å². The summed E-state index contributed by atoms with van der Waals surface area (Å²) in [4.78, 5) is 12.7. The fourth-order valence-electron chi connectivity index (χ4n) is 3.53. The van der Waals surface area contributed by atoms with E-state index >= 15 is 0 Å². The van der Waals surface area contributed by atoms with Crippen molar-refractivity contribution in [2.45, 2.75) is 39.6 Å². The number of amides is 1. The minimum Gasteiger partial charge on any atom is -0.497 e. The number of benzene rings is 1. The molecule has 29 heavy (non-hydrogen) atoms. The average molecular weight is 396 g/mol. The highest BCUT2D eigenvalue weighted by Crippen LogP contribution is 2.28. The van der Waals surface area contributed by atoms with Crippen LogP contribution < -0.4 is 10.1 Å². The lowest BCUT2D eigenvalue weighted by molar-refractivity contribution is -0.00179. The van der Waals surface area contributed by atoms with Gasteiger partial charge >= 0.3 is 0 Å². The number of rotatable bonds is 5. The molecule has 1 aliphatic rings. The van der Waals surface area contributed by atoms with Gasteiger partial charge in [0.1, 0.15) is 11.9 Å². The zero-order valence-corrected chi connectivity index (χ0v) is 17.0. The molecular weight excluding hydrogens is 372 g/mol. The van der Waals surface area contributed by atoms with Crippen LogP contribution in [0, 0.1) is 13.8 Å². The summed E-state index contributed by atoms with van der Waals surface area (Å²) in [6.07, 6.45) is -0.147. The van der Waals surface area contributed by atoms with Gasteiger partial charge < -0.3 is 14.8 Å². The third kappa shape index (κ3) is 3.61. The van der Waals surface area contributed by atoms with Gasteiger partial charge in [0.05, 0.1) is 31.6 Å². The molecule has 9 nitrogen and oxygen atoms in total. The zero-order chi connectivity index (χ0) is 20.5. The van der Waals surface area contributed by atoms with Crippen molar-refractivity contribution >= 4 is 5.91 Å². The number of hydrogen-bond donors (Lipinski definition) is 1. The molecule has 1 atom stereocenters. The lowest BCUT2D eigenvalue weighted by Crippen LogP contribution is -2.27. The topological polar surface area (TPSA) is 96.1 Å². The van der Waals surface area contributed by atoms with Crippen LogP contribution in [-0.4, -0.2) is 37.8 Å². The van der Waals surface area contributed by atoms with Gasteiger partial charge in [-0.1, -0.05) is 17.3 Å². The quantitative estimate of drug-likeness (QED) is 0.707. The lowest BCUT2D eigenvalue weighted by Gasteiger charge is -2.24. The summed E-state index contributed by atoms with van der Waals surface area (Å²) in [6.45, 7) is 5.09. The summed E-state index contributed by atoms with van der Waals surface area (Å²) in [5, 5.41) is 15.6. The molecule has 3 aromatic rings. The maximum absolute atomic E-state index is 12.7. The summed E-state index contributed by atoms with van der Waals surface area (Å²) >= 11 is 0. The van der Waals surface area contributed by atoms with Crippen molar-refractivity contribution in [2.24, 2.45) is 7.05 Å². The Morgan fingerprint density at radius 1 is 1.31 bits per heavy atom. The van der Waals surface area contributed by atoms with E-state index in [9.17, 15) is 4.79 Å². The Morgan fingerprint density at radius 3 is 2.72 bits per heavy atom. The first-order valence-corrected chi connectivity index (χ1v) is 9.43. The van der Waals surface area contributed by atoms with Crippen molar-refractivity contribution in [3.8, 4) is 5.75 Å². The van der Waals surface area contributed by atoms with Gasteiger partial charge in [0, 0.05) is 24.8 Å². The molecule has 1 aromatic carbocycles. The smallest absolute Gasteiger partial charge is 0.274 e. The van der Waals surface area contributed by atoms with E-state index in [-0.39, 0.29) is 18.6 Å². The second-order valence-electron chi connectivity index (χ2n) is 7.10. The van der Waals surface area contributed by atoms with Gasteiger partial charge in [-0.05, 0) is 31.5 Å².